The quantitative estimate of drug-likeness (QED) is 0.787. The van der Waals surface area contributed by atoms with Gasteiger partial charge in [-0.15, -0.1) is 11.8 Å². The van der Waals surface area contributed by atoms with Crippen LogP contribution in [0.2, 0.25) is 0 Å². The molecule has 0 spiro atoms. The molecule has 0 heterocycles. The molecule has 0 radical (unpaired) electrons. The van der Waals surface area contributed by atoms with Crippen molar-refractivity contribution in [3.8, 4) is 0 Å². The summed E-state index contributed by atoms with van der Waals surface area (Å²) in [6, 6.07) is 7.76. The molecular formula is C13H17NO2S. The van der Waals surface area contributed by atoms with Gasteiger partial charge in [0.2, 0.25) is 5.91 Å². The summed E-state index contributed by atoms with van der Waals surface area (Å²) in [6.45, 7) is 0.300. The first-order valence-electron chi connectivity index (χ1n) is 5.80. The minimum absolute atomic E-state index is 0.0739. The molecule has 1 saturated carbocycles. The van der Waals surface area contributed by atoms with Crippen LogP contribution in [0.15, 0.2) is 29.2 Å². The van der Waals surface area contributed by atoms with E-state index in [2.05, 4.69) is 5.32 Å². The van der Waals surface area contributed by atoms with E-state index in [9.17, 15) is 9.90 Å². The van der Waals surface area contributed by atoms with E-state index in [-0.39, 0.29) is 11.8 Å². The van der Waals surface area contributed by atoms with Crippen LogP contribution < -0.4 is 5.32 Å². The highest BCUT2D eigenvalue weighted by molar-refractivity contribution is 7.98. The van der Waals surface area contributed by atoms with E-state index >= 15 is 0 Å². The summed E-state index contributed by atoms with van der Waals surface area (Å²) in [7, 11) is 0. The van der Waals surface area contributed by atoms with Crippen LogP contribution in [0.4, 0.5) is 0 Å². The fraction of sp³-hybridized carbons (Fsp3) is 0.462. The van der Waals surface area contributed by atoms with Crippen molar-refractivity contribution in [1.29, 1.82) is 0 Å². The standard InChI is InChI=1S/C13H17NO2S/c1-17-11-6-4-9(5-7-11)12(15)8-14-13(16)10-2-3-10/h4-7,10,12,15H,2-3,8H2,1H3,(H,14,16)/t12-/m0/s1. The number of aliphatic hydroxyl groups is 1. The summed E-state index contributed by atoms with van der Waals surface area (Å²) in [6.07, 6.45) is 3.38. The number of benzene rings is 1. The average molecular weight is 251 g/mol. The Labute approximate surface area is 106 Å². The molecule has 4 heteroatoms. The number of rotatable bonds is 5. The van der Waals surface area contributed by atoms with Crippen molar-refractivity contribution in [3.63, 3.8) is 0 Å². The van der Waals surface area contributed by atoms with E-state index in [0.29, 0.717) is 6.54 Å². The van der Waals surface area contributed by atoms with Crippen LogP contribution in [0, 0.1) is 5.92 Å². The SMILES string of the molecule is CSc1ccc([C@@H](O)CNC(=O)C2CC2)cc1. The van der Waals surface area contributed by atoms with Crippen molar-refractivity contribution >= 4 is 17.7 Å². The first-order valence-corrected chi connectivity index (χ1v) is 7.03. The smallest absolute Gasteiger partial charge is 0.223 e. The molecule has 0 aromatic heterocycles. The molecule has 1 fully saturated rings. The van der Waals surface area contributed by atoms with Crippen LogP contribution in [0.3, 0.4) is 0 Å². The number of thioether (sulfide) groups is 1. The van der Waals surface area contributed by atoms with Gasteiger partial charge in [0.15, 0.2) is 0 Å². The van der Waals surface area contributed by atoms with Gasteiger partial charge in [0, 0.05) is 17.4 Å². The van der Waals surface area contributed by atoms with Crippen molar-refractivity contribution < 1.29 is 9.90 Å². The third-order valence-corrected chi connectivity index (χ3v) is 3.66. The number of hydrogen-bond donors (Lipinski definition) is 2. The maximum Gasteiger partial charge on any atom is 0.223 e. The lowest BCUT2D eigenvalue weighted by atomic mass is 10.1. The van der Waals surface area contributed by atoms with E-state index in [4.69, 9.17) is 0 Å². The molecular weight excluding hydrogens is 234 g/mol. The fourth-order valence-corrected chi connectivity index (χ4v) is 2.04. The Morgan fingerprint density at radius 3 is 2.65 bits per heavy atom. The molecule has 1 aromatic rings. The zero-order valence-electron chi connectivity index (χ0n) is 9.85. The van der Waals surface area contributed by atoms with Gasteiger partial charge in [-0.2, -0.15) is 0 Å². The van der Waals surface area contributed by atoms with Gasteiger partial charge >= 0.3 is 0 Å². The molecule has 0 unspecified atom stereocenters. The van der Waals surface area contributed by atoms with Gasteiger partial charge in [0.1, 0.15) is 0 Å². The van der Waals surface area contributed by atoms with E-state index in [1.165, 1.54) is 4.90 Å². The number of hydrogen-bond acceptors (Lipinski definition) is 3. The molecule has 0 bridgehead atoms. The molecule has 92 valence electrons. The first-order chi connectivity index (χ1) is 8.20. The minimum Gasteiger partial charge on any atom is -0.387 e. The van der Waals surface area contributed by atoms with Crippen LogP contribution in [-0.4, -0.2) is 23.8 Å². The Hall–Kier alpha value is -1.00. The van der Waals surface area contributed by atoms with Gasteiger partial charge in [-0.05, 0) is 36.8 Å². The Balaban J connectivity index is 1.85. The maximum absolute atomic E-state index is 11.4. The van der Waals surface area contributed by atoms with Crippen molar-refractivity contribution in [2.75, 3.05) is 12.8 Å². The Morgan fingerprint density at radius 2 is 2.12 bits per heavy atom. The zero-order valence-corrected chi connectivity index (χ0v) is 10.7. The van der Waals surface area contributed by atoms with Crippen molar-refractivity contribution in [3.05, 3.63) is 29.8 Å². The molecule has 3 nitrogen and oxygen atoms in total. The predicted molar refractivity (Wildman–Crippen MR) is 68.9 cm³/mol. The fourth-order valence-electron chi connectivity index (χ4n) is 1.63. The van der Waals surface area contributed by atoms with Gasteiger partial charge < -0.3 is 10.4 Å². The molecule has 1 aromatic carbocycles. The van der Waals surface area contributed by atoms with Crippen LogP contribution in [0.25, 0.3) is 0 Å². The second-order valence-electron chi connectivity index (χ2n) is 4.31. The lowest BCUT2D eigenvalue weighted by Gasteiger charge is -2.12. The van der Waals surface area contributed by atoms with E-state index in [1.807, 2.05) is 30.5 Å². The average Bonchev–Trinajstić information content (AvgIpc) is 3.20. The number of nitrogens with one attached hydrogen (secondary N) is 1. The van der Waals surface area contributed by atoms with E-state index in [0.717, 1.165) is 18.4 Å². The van der Waals surface area contributed by atoms with E-state index in [1.54, 1.807) is 11.8 Å². The summed E-state index contributed by atoms with van der Waals surface area (Å²) in [5.74, 6) is 0.269. The Kier molecular flexibility index (Phi) is 4.07. The summed E-state index contributed by atoms with van der Waals surface area (Å²) in [4.78, 5) is 12.6. The van der Waals surface area contributed by atoms with E-state index < -0.39 is 6.10 Å². The maximum atomic E-state index is 11.4. The van der Waals surface area contributed by atoms with Crippen molar-refractivity contribution in [1.82, 2.24) is 5.32 Å². The van der Waals surface area contributed by atoms with Gasteiger partial charge in [-0.25, -0.2) is 0 Å². The summed E-state index contributed by atoms with van der Waals surface area (Å²) in [5, 5.41) is 12.7. The molecule has 0 saturated heterocycles. The lowest BCUT2D eigenvalue weighted by Crippen LogP contribution is -2.29. The van der Waals surface area contributed by atoms with Crippen molar-refractivity contribution in [2.45, 2.75) is 23.8 Å². The van der Waals surface area contributed by atoms with Crippen LogP contribution >= 0.6 is 11.8 Å². The summed E-state index contributed by atoms with van der Waals surface area (Å²) < 4.78 is 0. The highest BCUT2D eigenvalue weighted by Gasteiger charge is 2.29. The summed E-state index contributed by atoms with van der Waals surface area (Å²) >= 11 is 1.67. The molecule has 1 aliphatic carbocycles. The van der Waals surface area contributed by atoms with Crippen molar-refractivity contribution in [2.24, 2.45) is 5.92 Å². The highest BCUT2D eigenvalue weighted by atomic mass is 32.2. The number of carbonyl (C=O) groups excluding carboxylic acids is 1. The van der Waals surface area contributed by atoms with Gasteiger partial charge in [-0.3, -0.25) is 4.79 Å². The molecule has 1 aliphatic rings. The molecule has 1 atom stereocenters. The molecule has 0 aliphatic heterocycles. The molecule has 2 rings (SSSR count). The van der Waals surface area contributed by atoms with Crippen LogP contribution in [-0.2, 0) is 4.79 Å². The zero-order chi connectivity index (χ0) is 12.3. The molecule has 17 heavy (non-hydrogen) atoms. The second-order valence-corrected chi connectivity index (χ2v) is 5.19. The third kappa shape index (κ3) is 3.48. The normalized spacial score (nSPS) is 16.6. The number of amides is 1. The largest absolute Gasteiger partial charge is 0.387 e. The van der Waals surface area contributed by atoms with Gasteiger partial charge in [0.25, 0.3) is 0 Å². The Bertz CT molecular complexity index is 387. The summed E-state index contributed by atoms with van der Waals surface area (Å²) in [5.41, 5.74) is 0.846. The Morgan fingerprint density at radius 1 is 1.47 bits per heavy atom. The third-order valence-electron chi connectivity index (χ3n) is 2.92. The number of carbonyl (C=O) groups is 1. The minimum atomic E-state index is -0.617. The topological polar surface area (TPSA) is 49.3 Å². The monoisotopic (exact) mass is 251 g/mol. The molecule has 1 amide bonds. The van der Waals surface area contributed by atoms with Gasteiger partial charge in [-0.1, -0.05) is 12.1 Å². The first kappa shape index (κ1) is 12.5. The lowest BCUT2D eigenvalue weighted by molar-refractivity contribution is -0.122. The number of aliphatic hydroxyl groups excluding tert-OH is 1. The van der Waals surface area contributed by atoms with Gasteiger partial charge in [0.05, 0.1) is 6.10 Å². The second kappa shape index (κ2) is 5.56. The van der Waals surface area contributed by atoms with Crippen LogP contribution in [0.1, 0.15) is 24.5 Å². The van der Waals surface area contributed by atoms with Crippen LogP contribution in [0.5, 0.6) is 0 Å². The molecule has 2 N–H and O–H groups in total. The highest BCUT2D eigenvalue weighted by Crippen LogP contribution is 2.28. The predicted octanol–water partition coefficient (Wildman–Crippen LogP) is 1.97.